The zero-order chi connectivity index (χ0) is 11.5. The molecule has 16 heavy (non-hydrogen) atoms. The van der Waals surface area contributed by atoms with Crippen molar-refractivity contribution in [2.24, 2.45) is 0 Å². The number of hydrogen-bond donors (Lipinski definition) is 3. The lowest BCUT2D eigenvalue weighted by Crippen LogP contribution is -2.59. The Labute approximate surface area is 95.4 Å². The number of nitrogens with one attached hydrogen (secondary N) is 3. The molecule has 1 fully saturated rings. The lowest BCUT2D eigenvalue weighted by molar-refractivity contribution is -0.123. The van der Waals surface area contributed by atoms with Gasteiger partial charge >= 0.3 is 0 Å². The normalized spacial score (nSPS) is 25.0. The number of benzene rings is 1. The van der Waals surface area contributed by atoms with Gasteiger partial charge in [0.05, 0.1) is 0 Å². The van der Waals surface area contributed by atoms with Crippen molar-refractivity contribution in [3.05, 3.63) is 29.8 Å². The van der Waals surface area contributed by atoms with E-state index in [0.717, 1.165) is 11.3 Å². The molecule has 0 spiro atoms. The Bertz CT molecular complexity index is 392. The van der Waals surface area contributed by atoms with Crippen LogP contribution in [0.1, 0.15) is 18.9 Å². The molecular formula is C12H17N3O. The lowest BCUT2D eigenvalue weighted by Gasteiger charge is -2.31. The van der Waals surface area contributed by atoms with Crippen LogP contribution in [0.2, 0.25) is 0 Å². The third kappa shape index (κ3) is 2.52. The Morgan fingerprint density at radius 2 is 2.12 bits per heavy atom. The van der Waals surface area contributed by atoms with Crippen LogP contribution in [0.15, 0.2) is 24.3 Å². The molecule has 1 amide bonds. The molecule has 86 valence electrons. The maximum atomic E-state index is 11.4. The van der Waals surface area contributed by atoms with Crippen LogP contribution in [0.4, 0.5) is 5.69 Å². The van der Waals surface area contributed by atoms with Crippen molar-refractivity contribution in [3.63, 3.8) is 0 Å². The molecule has 1 heterocycles. The molecule has 0 bridgehead atoms. The zero-order valence-corrected chi connectivity index (χ0v) is 9.58. The van der Waals surface area contributed by atoms with Crippen LogP contribution in [0.5, 0.6) is 0 Å². The Kier molecular flexibility index (Phi) is 3.10. The molecule has 1 aromatic rings. The van der Waals surface area contributed by atoms with Gasteiger partial charge in [-0.25, -0.2) is 0 Å². The van der Waals surface area contributed by atoms with E-state index in [0.29, 0.717) is 6.42 Å². The number of amides is 1. The summed E-state index contributed by atoms with van der Waals surface area (Å²) in [4.78, 5) is 11.4. The summed E-state index contributed by atoms with van der Waals surface area (Å²) in [6.07, 6.45) is 0.351. The first-order chi connectivity index (χ1) is 7.65. The molecule has 1 aliphatic heterocycles. The molecule has 4 nitrogen and oxygen atoms in total. The van der Waals surface area contributed by atoms with E-state index < -0.39 is 0 Å². The van der Waals surface area contributed by atoms with Gasteiger partial charge in [0.1, 0.15) is 0 Å². The fourth-order valence-electron chi connectivity index (χ4n) is 1.85. The number of carbonyl (C=O) groups excluding carboxylic acids is 1. The highest BCUT2D eigenvalue weighted by atomic mass is 16.2. The van der Waals surface area contributed by atoms with Gasteiger partial charge in [0.2, 0.25) is 5.91 Å². The molecule has 1 aliphatic rings. The first kappa shape index (κ1) is 11.0. The van der Waals surface area contributed by atoms with Gasteiger partial charge in [-0.2, -0.15) is 0 Å². The molecule has 2 atom stereocenters. The standard InChI is InChI=1S/C12H17N3O/c1-8-5-3-4-6-10(8)14-12-13-9(2)7-11(16)15-12/h3-6,9,12-14H,7H2,1-2H3,(H,15,16). The van der Waals surface area contributed by atoms with Gasteiger partial charge < -0.3 is 10.6 Å². The monoisotopic (exact) mass is 219 g/mol. The summed E-state index contributed by atoms with van der Waals surface area (Å²) in [6, 6.07) is 8.22. The van der Waals surface area contributed by atoms with E-state index >= 15 is 0 Å². The highest BCUT2D eigenvalue weighted by Crippen LogP contribution is 2.14. The minimum Gasteiger partial charge on any atom is -0.353 e. The maximum Gasteiger partial charge on any atom is 0.224 e. The predicted octanol–water partition coefficient (Wildman–Crippen LogP) is 1.19. The maximum absolute atomic E-state index is 11.4. The van der Waals surface area contributed by atoms with Crippen molar-refractivity contribution < 1.29 is 4.79 Å². The SMILES string of the molecule is Cc1ccccc1NC1NC(=O)CC(C)N1. The van der Waals surface area contributed by atoms with Crippen LogP contribution >= 0.6 is 0 Å². The van der Waals surface area contributed by atoms with Crippen LogP contribution in [0, 0.1) is 6.92 Å². The number of aryl methyl sites for hydroxylation is 1. The largest absolute Gasteiger partial charge is 0.353 e. The van der Waals surface area contributed by atoms with Crippen molar-refractivity contribution in [3.8, 4) is 0 Å². The Morgan fingerprint density at radius 3 is 2.81 bits per heavy atom. The Balaban J connectivity index is 2.04. The summed E-state index contributed by atoms with van der Waals surface area (Å²) in [5.74, 6) is 0.0809. The van der Waals surface area contributed by atoms with Crippen molar-refractivity contribution in [2.45, 2.75) is 32.6 Å². The average Bonchev–Trinajstić information content (AvgIpc) is 2.20. The van der Waals surface area contributed by atoms with Gasteiger partial charge in [0, 0.05) is 18.2 Å². The fourth-order valence-corrected chi connectivity index (χ4v) is 1.85. The van der Waals surface area contributed by atoms with Gasteiger partial charge in [0.25, 0.3) is 0 Å². The number of anilines is 1. The second-order valence-electron chi connectivity index (χ2n) is 4.23. The highest BCUT2D eigenvalue weighted by molar-refractivity contribution is 5.78. The highest BCUT2D eigenvalue weighted by Gasteiger charge is 2.22. The van der Waals surface area contributed by atoms with Crippen molar-refractivity contribution in [1.29, 1.82) is 0 Å². The van der Waals surface area contributed by atoms with Crippen LogP contribution in [-0.2, 0) is 4.79 Å². The zero-order valence-electron chi connectivity index (χ0n) is 9.58. The summed E-state index contributed by atoms with van der Waals surface area (Å²) < 4.78 is 0. The average molecular weight is 219 g/mol. The molecule has 1 aromatic carbocycles. The number of hydrogen-bond acceptors (Lipinski definition) is 3. The van der Waals surface area contributed by atoms with Gasteiger partial charge in [0.15, 0.2) is 6.29 Å². The molecule has 0 radical (unpaired) electrons. The van der Waals surface area contributed by atoms with E-state index in [9.17, 15) is 4.79 Å². The third-order valence-electron chi connectivity index (χ3n) is 2.69. The van der Waals surface area contributed by atoms with Crippen LogP contribution < -0.4 is 16.0 Å². The number of para-hydroxylation sites is 1. The van der Waals surface area contributed by atoms with Crippen LogP contribution in [0.3, 0.4) is 0 Å². The second-order valence-corrected chi connectivity index (χ2v) is 4.23. The minimum atomic E-state index is -0.183. The van der Waals surface area contributed by atoms with E-state index in [1.165, 1.54) is 0 Å². The van der Waals surface area contributed by atoms with Crippen molar-refractivity contribution in [2.75, 3.05) is 5.32 Å². The first-order valence-corrected chi connectivity index (χ1v) is 5.53. The quantitative estimate of drug-likeness (QED) is 0.700. The molecule has 0 aliphatic carbocycles. The summed E-state index contributed by atoms with van der Waals surface area (Å²) in [6.45, 7) is 4.04. The van der Waals surface area contributed by atoms with Crippen LogP contribution in [0.25, 0.3) is 0 Å². The topological polar surface area (TPSA) is 53.2 Å². The lowest BCUT2D eigenvalue weighted by atomic mass is 10.2. The fraction of sp³-hybridized carbons (Fsp3) is 0.417. The van der Waals surface area contributed by atoms with Gasteiger partial charge in [-0.3, -0.25) is 10.1 Å². The number of carbonyl (C=O) groups is 1. The Morgan fingerprint density at radius 1 is 1.38 bits per heavy atom. The van der Waals surface area contributed by atoms with Gasteiger partial charge in [-0.15, -0.1) is 0 Å². The molecular weight excluding hydrogens is 202 g/mol. The summed E-state index contributed by atoms with van der Waals surface area (Å²) in [5, 5.41) is 9.41. The smallest absolute Gasteiger partial charge is 0.224 e. The van der Waals surface area contributed by atoms with E-state index in [4.69, 9.17) is 0 Å². The molecule has 2 rings (SSSR count). The third-order valence-corrected chi connectivity index (χ3v) is 2.69. The Hall–Kier alpha value is -1.55. The molecule has 0 aromatic heterocycles. The van der Waals surface area contributed by atoms with Gasteiger partial charge in [-0.05, 0) is 25.5 Å². The summed E-state index contributed by atoms with van der Waals surface area (Å²) in [7, 11) is 0. The van der Waals surface area contributed by atoms with E-state index in [1.807, 2.05) is 38.1 Å². The number of rotatable bonds is 2. The van der Waals surface area contributed by atoms with Crippen molar-refractivity contribution >= 4 is 11.6 Å². The molecule has 3 N–H and O–H groups in total. The van der Waals surface area contributed by atoms with Crippen molar-refractivity contribution in [1.82, 2.24) is 10.6 Å². The molecule has 1 saturated heterocycles. The van der Waals surface area contributed by atoms with E-state index in [2.05, 4.69) is 16.0 Å². The van der Waals surface area contributed by atoms with E-state index in [1.54, 1.807) is 0 Å². The summed E-state index contributed by atoms with van der Waals surface area (Å²) >= 11 is 0. The minimum absolute atomic E-state index is 0.0809. The second kappa shape index (κ2) is 4.53. The first-order valence-electron chi connectivity index (χ1n) is 5.53. The summed E-state index contributed by atoms with van der Waals surface area (Å²) in [5.41, 5.74) is 2.20. The molecule has 0 saturated carbocycles. The predicted molar refractivity (Wildman–Crippen MR) is 63.9 cm³/mol. The molecule has 4 heteroatoms. The van der Waals surface area contributed by atoms with E-state index in [-0.39, 0.29) is 18.2 Å². The van der Waals surface area contributed by atoms with Crippen LogP contribution in [-0.4, -0.2) is 18.2 Å². The van der Waals surface area contributed by atoms with Gasteiger partial charge in [-0.1, -0.05) is 18.2 Å². The molecule has 2 unspecified atom stereocenters.